The predicted octanol–water partition coefficient (Wildman–Crippen LogP) is 7.00. The smallest absolute Gasteiger partial charge is 0.233 e. The van der Waals surface area contributed by atoms with E-state index in [4.69, 9.17) is 23.9 Å². The molecule has 0 bridgehead atoms. The lowest BCUT2D eigenvalue weighted by molar-refractivity contribution is 0.0977. The van der Waals surface area contributed by atoms with Gasteiger partial charge in [-0.2, -0.15) is 5.26 Å². The van der Waals surface area contributed by atoms with E-state index in [2.05, 4.69) is 25.4 Å². The molecule has 40 heavy (non-hydrogen) atoms. The van der Waals surface area contributed by atoms with Crippen molar-refractivity contribution in [2.75, 3.05) is 11.1 Å². The Balaban J connectivity index is 1.64. The lowest BCUT2D eigenvalue weighted by Gasteiger charge is -2.21. The number of fused-ring (bicyclic) bond motifs is 2. The molecular formula is C29H18ClN7O3. The Morgan fingerprint density at radius 3 is 2.42 bits per heavy atom. The topological polar surface area (TPSA) is 158 Å². The Morgan fingerprint density at radius 2 is 1.75 bits per heavy atom. The first kappa shape index (κ1) is 26.0. The molecule has 0 radical (unpaired) electrons. The molecule has 0 unspecified atom stereocenters. The molecule has 5 rings (SSSR count). The number of hydrogen-bond acceptors (Lipinski definition) is 9. The van der Waals surface area contributed by atoms with E-state index in [1.807, 2.05) is 37.3 Å². The van der Waals surface area contributed by atoms with Gasteiger partial charge in [-0.15, -0.1) is 10.2 Å². The monoisotopic (exact) mass is 547 g/mol. The number of aromatic nitrogens is 1. The zero-order chi connectivity index (χ0) is 28.7. The number of nitrogens with zero attached hydrogens (tertiary/aromatic N) is 5. The largest absolute Gasteiger partial charge is 0.507 e. The molecule has 0 saturated carbocycles. The summed E-state index contributed by atoms with van der Waals surface area (Å²) in [5, 5.41) is 31.3. The molecule has 1 heterocycles. The molecule has 4 aromatic rings. The van der Waals surface area contributed by atoms with E-state index >= 15 is 0 Å². The summed E-state index contributed by atoms with van der Waals surface area (Å²) in [4.78, 5) is 34.8. The second kappa shape index (κ2) is 9.95. The number of carbonyl (C=O) groups is 2. The van der Waals surface area contributed by atoms with E-state index in [1.54, 1.807) is 6.92 Å². The minimum absolute atomic E-state index is 0.0399. The van der Waals surface area contributed by atoms with Crippen LogP contribution in [-0.2, 0) is 0 Å². The number of halogens is 1. The molecule has 0 atom stereocenters. The van der Waals surface area contributed by atoms with E-state index in [0.29, 0.717) is 11.3 Å². The Morgan fingerprint density at radius 1 is 1.05 bits per heavy atom. The van der Waals surface area contributed by atoms with Gasteiger partial charge in [0, 0.05) is 11.3 Å². The Bertz CT molecular complexity index is 1880. The molecular weight excluding hydrogens is 530 g/mol. The SMILES string of the molecule is [C-]#[N+]c1c(Nc2ccc(C)cc2)nc(N)c(N=Nc2c(Cl)cc(C#N)c3c2C(=O)c2c(O)cccc2C3=O)c1C. The van der Waals surface area contributed by atoms with Crippen molar-refractivity contribution in [1.29, 1.82) is 5.26 Å². The number of nitriles is 1. The van der Waals surface area contributed by atoms with Crippen LogP contribution < -0.4 is 11.1 Å². The molecule has 0 saturated heterocycles. The van der Waals surface area contributed by atoms with Crippen LogP contribution in [0, 0.1) is 31.8 Å². The van der Waals surface area contributed by atoms with Gasteiger partial charge in [0.2, 0.25) is 11.5 Å². The van der Waals surface area contributed by atoms with Crippen LogP contribution in [0.2, 0.25) is 5.02 Å². The van der Waals surface area contributed by atoms with Crippen LogP contribution >= 0.6 is 11.6 Å². The average Bonchev–Trinajstić information content (AvgIpc) is 2.93. The van der Waals surface area contributed by atoms with Crippen LogP contribution in [0.1, 0.15) is 48.5 Å². The van der Waals surface area contributed by atoms with Gasteiger partial charge in [-0.3, -0.25) is 9.59 Å². The Labute approximate surface area is 233 Å². The Hall–Kier alpha value is -5.58. The quantitative estimate of drug-likeness (QED) is 0.161. The van der Waals surface area contributed by atoms with Gasteiger partial charge in [0.05, 0.1) is 39.9 Å². The summed E-state index contributed by atoms with van der Waals surface area (Å²) < 4.78 is 0. The maximum Gasteiger partial charge on any atom is 0.233 e. The van der Waals surface area contributed by atoms with Crippen molar-refractivity contribution in [2.45, 2.75) is 13.8 Å². The van der Waals surface area contributed by atoms with Crippen molar-refractivity contribution in [2.24, 2.45) is 10.2 Å². The van der Waals surface area contributed by atoms with Gasteiger partial charge in [0.1, 0.15) is 22.9 Å². The third-order valence-electron chi connectivity index (χ3n) is 6.43. The van der Waals surface area contributed by atoms with Crippen LogP contribution in [0.3, 0.4) is 0 Å². The van der Waals surface area contributed by atoms with Crippen molar-refractivity contribution in [3.63, 3.8) is 0 Å². The fraction of sp³-hybridized carbons (Fsp3) is 0.0690. The van der Waals surface area contributed by atoms with Gasteiger partial charge in [-0.05, 0) is 43.7 Å². The summed E-state index contributed by atoms with van der Waals surface area (Å²) in [6.45, 7) is 11.3. The number of nitrogen functional groups attached to an aromatic ring is 1. The number of aromatic hydroxyl groups is 1. The summed E-state index contributed by atoms with van der Waals surface area (Å²) in [6.07, 6.45) is 0. The third kappa shape index (κ3) is 4.19. The average molecular weight is 548 g/mol. The van der Waals surface area contributed by atoms with Crippen LogP contribution in [0.4, 0.5) is 34.4 Å². The summed E-state index contributed by atoms with van der Waals surface area (Å²) >= 11 is 6.42. The standard InChI is InChI=1S/C29H18ClN7O3/c1-13-7-9-16(10-8-13)34-29-24(33-3)14(2)23(28(32)35-29)36-37-25-18(30)11-15(12-31)20-22(25)27(40)21-17(26(20)39)5-4-6-19(21)38/h4-11,38H,1-2H3,(H3,32,34,35). The van der Waals surface area contributed by atoms with Crippen LogP contribution in [0.5, 0.6) is 5.75 Å². The van der Waals surface area contributed by atoms with E-state index in [9.17, 15) is 20.0 Å². The zero-order valence-electron chi connectivity index (χ0n) is 21.1. The summed E-state index contributed by atoms with van der Waals surface area (Å²) in [5.41, 5.74) is 7.54. The van der Waals surface area contributed by atoms with Crippen molar-refractivity contribution in [3.8, 4) is 11.8 Å². The maximum atomic E-state index is 13.5. The number of phenols is 1. The van der Waals surface area contributed by atoms with Crippen LogP contribution in [-0.4, -0.2) is 21.7 Å². The summed E-state index contributed by atoms with van der Waals surface area (Å²) in [7, 11) is 0. The first-order valence-electron chi connectivity index (χ1n) is 11.8. The van der Waals surface area contributed by atoms with Crippen molar-refractivity contribution in [3.05, 3.63) is 104 Å². The number of phenolic OH excluding ortho intramolecular Hbond substituents is 1. The lowest BCUT2D eigenvalue weighted by atomic mass is 9.80. The van der Waals surface area contributed by atoms with E-state index < -0.39 is 17.3 Å². The highest BCUT2D eigenvalue weighted by Gasteiger charge is 2.37. The molecule has 3 aromatic carbocycles. The maximum absolute atomic E-state index is 13.5. The number of nitrogens with two attached hydrogens (primary N) is 1. The first-order valence-corrected chi connectivity index (χ1v) is 12.1. The number of azo groups is 1. The van der Waals surface area contributed by atoms with Gasteiger partial charge in [-0.25, -0.2) is 9.83 Å². The number of rotatable bonds is 4. The second-order valence-electron chi connectivity index (χ2n) is 8.95. The fourth-order valence-corrected chi connectivity index (χ4v) is 4.68. The van der Waals surface area contributed by atoms with Gasteiger partial charge >= 0.3 is 0 Å². The molecule has 10 nitrogen and oxygen atoms in total. The molecule has 1 aliphatic rings. The number of nitrogens with one attached hydrogen (secondary N) is 1. The fourth-order valence-electron chi connectivity index (χ4n) is 4.44. The molecule has 0 fully saturated rings. The summed E-state index contributed by atoms with van der Waals surface area (Å²) in [6, 6.07) is 14.7. The highest BCUT2D eigenvalue weighted by Crippen LogP contribution is 2.44. The minimum Gasteiger partial charge on any atom is -0.507 e. The van der Waals surface area contributed by atoms with Gasteiger partial charge in [0.15, 0.2) is 11.6 Å². The highest BCUT2D eigenvalue weighted by molar-refractivity contribution is 6.37. The highest BCUT2D eigenvalue weighted by atomic mass is 35.5. The minimum atomic E-state index is -0.738. The zero-order valence-corrected chi connectivity index (χ0v) is 21.8. The Kier molecular flexibility index (Phi) is 6.48. The third-order valence-corrected chi connectivity index (χ3v) is 6.72. The van der Waals surface area contributed by atoms with Crippen molar-refractivity contribution >= 4 is 57.6 Å². The second-order valence-corrected chi connectivity index (χ2v) is 9.35. The molecule has 0 spiro atoms. The molecule has 1 aromatic heterocycles. The predicted molar refractivity (Wildman–Crippen MR) is 149 cm³/mol. The van der Waals surface area contributed by atoms with Crippen LogP contribution in [0.15, 0.2) is 58.8 Å². The molecule has 0 aliphatic heterocycles. The van der Waals surface area contributed by atoms with Gasteiger partial charge < -0.3 is 16.2 Å². The molecule has 0 amide bonds. The van der Waals surface area contributed by atoms with E-state index in [0.717, 1.165) is 5.56 Å². The number of anilines is 3. The van der Waals surface area contributed by atoms with E-state index in [-0.39, 0.29) is 61.5 Å². The number of carbonyl (C=O) groups excluding carboxylic acids is 2. The first-order chi connectivity index (χ1) is 19.2. The normalized spacial score (nSPS) is 12.0. The van der Waals surface area contributed by atoms with Gasteiger partial charge in [-0.1, -0.05) is 41.4 Å². The lowest BCUT2D eigenvalue weighted by Crippen LogP contribution is -2.22. The molecule has 194 valence electrons. The number of aryl methyl sites for hydroxylation is 1. The molecule has 4 N–H and O–H groups in total. The van der Waals surface area contributed by atoms with E-state index in [1.165, 1.54) is 24.3 Å². The van der Waals surface area contributed by atoms with Crippen LogP contribution in [0.25, 0.3) is 4.85 Å². The number of hydrogen-bond donors (Lipinski definition) is 3. The number of pyridine rings is 1. The van der Waals surface area contributed by atoms with Crippen molar-refractivity contribution < 1.29 is 14.7 Å². The molecule has 1 aliphatic carbocycles. The number of ketones is 2. The number of benzene rings is 3. The van der Waals surface area contributed by atoms with Gasteiger partial charge in [0.25, 0.3) is 0 Å². The molecule has 11 heteroatoms. The summed E-state index contributed by atoms with van der Waals surface area (Å²) in [5.74, 6) is -1.59. The van der Waals surface area contributed by atoms with Crippen molar-refractivity contribution in [1.82, 2.24) is 4.98 Å².